The van der Waals surface area contributed by atoms with Gasteiger partial charge in [0, 0.05) is 25.2 Å². The Balaban J connectivity index is 2.03. The van der Waals surface area contributed by atoms with Crippen molar-refractivity contribution in [2.75, 3.05) is 41.0 Å². The lowest BCUT2D eigenvalue weighted by Crippen LogP contribution is -2.37. The van der Waals surface area contributed by atoms with Crippen molar-refractivity contribution in [1.82, 2.24) is 4.90 Å². The summed E-state index contributed by atoms with van der Waals surface area (Å²) < 4.78 is 20.9. The molecule has 0 atom stereocenters. The molecular formula is C19H27NO6. The van der Waals surface area contributed by atoms with Crippen molar-refractivity contribution in [3.05, 3.63) is 17.7 Å². The molecule has 1 fully saturated rings. The minimum Gasteiger partial charge on any atom is -0.496 e. The number of benzene rings is 1. The second-order valence-electron chi connectivity index (χ2n) is 6.13. The molecule has 1 heterocycles. The van der Waals surface area contributed by atoms with Crippen LogP contribution in [-0.4, -0.2) is 57.8 Å². The molecule has 144 valence electrons. The van der Waals surface area contributed by atoms with Gasteiger partial charge in [0.05, 0.1) is 21.3 Å². The maximum atomic E-state index is 12.4. The second kappa shape index (κ2) is 9.89. The second-order valence-corrected chi connectivity index (χ2v) is 6.13. The van der Waals surface area contributed by atoms with Gasteiger partial charge < -0.3 is 23.8 Å². The number of hydrogen-bond donors (Lipinski definition) is 0. The van der Waals surface area contributed by atoms with Crippen LogP contribution in [0.3, 0.4) is 0 Å². The highest BCUT2D eigenvalue weighted by molar-refractivity contribution is 5.95. The summed E-state index contributed by atoms with van der Waals surface area (Å²) in [6.07, 6.45) is 5.46. The molecule has 1 amide bonds. The number of rotatable bonds is 6. The SMILES string of the molecule is COc1cc(OC)c(C(=O)OCC(=O)N2CCCCCCC2)cc1OC. The van der Waals surface area contributed by atoms with Gasteiger partial charge in [-0.3, -0.25) is 4.79 Å². The normalized spacial score (nSPS) is 14.8. The highest BCUT2D eigenvalue weighted by Crippen LogP contribution is 2.34. The van der Waals surface area contributed by atoms with E-state index in [0.717, 1.165) is 38.8 Å². The zero-order valence-electron chi connectivity index (χ0n) is 15.7. The van der Waals surface area contributed by atoms with Gasteiger partial charge in [-0.05, 0) is 12.8 Å². The van der Waals surface area contributed by atoms with E-state index in [1.54, 1.807) is 11.0 Å². The van der Waals surface area contributed by atoms with Crippen molar-refractivity contribution in [1.29, 1.82) is 0 Å². The Bertz CT molecular complexity index is 623. The number of methoxy groups -OCH3 is 3. The number of likely N-dealkylation sites (tertiary alicyclic amines) is 1. The lowest BCUT2D eigenvalue weighted by Gasteiger charge is -2.24. The van der Waals surface area contributed by atoms with Crippen LogP contribution in [0.2, 0.25) is 0 Å². The van der Waals surface area contributed by atoms with Crippen LogP contribution >= 0.6 is 0 Å². The van der Waals surface area contributed by atoms with Crippen LogP contribution in [0.25, 0.3) is 0 Å². The molecule has 1 aliphatic rings. The molecule has 0 aromatic heterocycles. The van der Waals surface area contributed by atoms with Gasteiger partial charge >= 0.3 is 5.97 Å². The van der Waals surface area contributed by atoms with E-state index in [0.29, 0.717) is 17.2 Å². The van der Waals surface area contributed by atoms with E-state index in [4.69, 9.17) is 18.9 Å². The van der Waals surface area contributed by atoms with Crippen molar-refractivity contribution in [3.8, 4) is 17.2 Å². The highest BCUT2D eigenvalue weighted by atomic mass is 16.5. The molecule has 1 aromatic carbocycles. The maximum absolute atomic E-state index is 12.4. The Kier molecular flexibility index (Phi) is 7.56. The number of amides is 1. The molecule has 1 aromatic rings. The van der Waals surface area contributed by atoms with Gasteiger partial charge in [0.1, 0.15) is 11.3 Å². The Hall–Kier alpha value is -2.44. The number of carbonyl (C=O) groups is 2. The Labute approximate surface area is 154 Å². The topological polar surface area (TPSA) is 74.3 Å². The monoisotopic (exact) mass is 365 g/mol. The number of hydrogen-bond acceptors (Lipinski definition) is 6. The van der Waals surface area contributed by atoms with Crippen molar-refractivity contribution >= 4 is 11.9 Å². The first-order valence-electron chi connectivity index (χ1n) is 8.85. The van der Waals surface area contributed by atoms with Crippen LogP contribution in [0.4, 0.5) is 0 Å². The summed E-state index contributed by atoms with van der Waals surface area (Å²) in [4.78, 5) is 26.6. The van der Waals surface area contributed by atoms with Gasteiger partial charge in [-0.2, -0.15) is 0 Å². The predicted molar refractivity (Wildman–Crippen MR) is 96.0 cm³/mol. The Morgan fingerprint density at radius 1 is 0.846 bits per heavy atom. The van der Waals surface area contributed by atoms with E-state index in [9.17, 15) is 9.59 Å². The number of esters is 1. The van der Waals surface area contributed by atoms with Crippen LogP contribution < -0.4 is 14.2 Å². The van der Waals surface area contributed by atoms with Crippen molar-refractivity contribution in [2.45, 2.75) is 32.1 Å². The Morgan fingerprint density at radius 2 is 1.38 bits per heavy atom. The van der Waals surface area contributed by atoms with Crippen LogP contribution in [0.1, 0.15) is 42.5 Å². The minimum absolute atomic E-state index is 0.167. The number of nitrogens with zero attached hydrogens (tertiary/aromatic N) is 1. The third-order valence-corrected chi connectivity index (χ3v) is 4.46. The fourth-order valence-corrected chi connectivity index (χ4v) is 2.98. The largest absolute Gasteiger partial charge is 0.496 e. The smallest absolute Gasteiger partial charge is 0.342 e. The molecular weight excluding hydrogens is 338 g/mol. The number of carbonyl (C=O) groups excluding carboxylic acids is 2. The van der Waals surface area contributed by atoms with Crippen LogP contribution in [-0.2, 0) is 9.53 Å². The highest BCUT2D eigenvalue weighted by Gasteiger charge is 2.21. The molecule has 0 saturated carbocycles. The zero-order chi connectivity index (χ0) is 18.9. The molecule has 1 saturated heterocycles. The van der Waals surface area contributed by atoms with Gasteiger partial charge in [0.25, 0.3) is 5.91 Å². The standard InChI is InChI=1S/C19H27NO6/c1-23-15-12-17(25-3)16(24-2)11-14(15)19(22)26-13-18(21)20-9-7-5-4-6-8-10-20/h11-12H,4-10,13H2,1-3H3. The lowest BCUT2D eigenvalue weighted by atomic mass is 10.1. The van der Waals surface area contributed by atoms with Crippen LogP contribution in [0, 0.1) is 0 Å². The summed E-state index contributed by atoms with van der Waals surface area (Å²) >= 11 is 0. The molecule has 0 bridgehead atoms. The van der Waals surface area contributed by atoms with E-state index < -0.39 is 5.97 Å². The fraction of sp³-hybridized carbons (Fsp3) is 0.579. The average Bonchev–Trinajstić information content (AvgIpc) is 2.64. The van der Waals surface area contributed by atoms with Gasteiger partial charge in [0.2, 0.25) is 0 Å². The summed E-state index contributed by atoms with van der Waals surface area (Å²) in [6.45, 7) is 1.16. The molecule has 0 spiro atoms. The van der Waals surface area contributed by atoms with E-state index in [1.807, 2.05) is 0 Å². The summed E-state index contributed by atoms with van der Waals surface area (Å²) in [5.41, 5.74) is 0.186. The minimum atomic E-state index is -0.636. The molecule has 7 heteroatoms. The summed E-state index contributed by atoms with van der Waals surface area (Å²) in [7, 11) is 4.42. The van der Waals surface area contributed by atoms with Gasteiger partial charge in [0.15, 0.2) is 18.1 Å². The molecule has 0 N–H and O–H groups in total. The van der Waals surface area contributed by atoms with Crippen molar-refractivity contribution < 1.29 is 28.5 Å². The molecule has 0 aliphatic carbocycles. The summed E-state index contributed by atoms with van der Waals surface area (Å²) in [6, 6.07) is 3.04. The third kappa shape index (κ3) is 5.03. The Morgan fingerprint density at radius 3 is 1.96 bits per heavy atom. The van der Waals surface area contributed by atoms with E-state index >= 15 is 0 Å². The average molecular weight is 365 g/mol. The number of ether oxygens (including phenoxy) is 4. The predicted octanol–water partition coefficient (Wildman–Crippen LogP) is 2.66. The first-order valence-corrected chi connectivity index (χ1v) is 8.85. The summed E-state index contributed by atoms with van der Waals surface area (Å²) in [5, 5.41) is 0. The van der Waals surface area contributed by atoms with Gasteiger partial charge in [-0.25, -0.2) is 4.79 Å². The lowest BCUT2D eigenvalue weighted by molar-refractivity contribution is -0.134. The zero-order valence-corrected chi connectivity index (χ0v) is 15.7. The maximum Gasteiger partial charge on any atom is 0.342 e. The molecule has 0 radical (unpaired) electrons. The van der Waals surface area contributed by atoms with Crippen molar-refractivity contribution in [3.63, 3.8) is 0 Å². The van der Waals surface area contributed by atoms with Gasteiger partial charge in [-0.1, -0.05) is 19.3 Å². The molecule has 1 aliphatic heterocycles. The molecule has 26 heavy (non-hydrogen) atoms. The van der Waals surface area contributed by atoms with E-state index in [-0.39, 0.29) is 18.1 Å². The van der Waals surface area contributed by atoms with Crippen LogP contribution in [0.15, 0.2) is 12.1 Å². The third-order valence-electron chi connectivity index (χ3n) is 4.46. The fourth-order valence-electron chi connectivity index (χ4n) is 2.98. The molecule has 2 rings (SSSR count). The first kappa shape index (κ1) is 19.9. The quantitative estimate of drug-likeness (QED) is 0.722. The summed E-state index contributed by atoms with van der Waals surface area (Å²) in [5.74, 6) is 0.321. The first-order chi connectivity index (χ1) is 12.6. The van der Waals surface area contributed by atoms with Crippen molar-refractivity contribution in [2.24, 2.45) is 0 Å². The van der Waals surface area contributed by atoms with Gasteiger partial charge in [-0.15, -0.1) is 0 Å². The van der Waals surface area contributed by atoms with E-state index in [2.05, 4.69) is 0 Å². The molecule has 7 nitrogen and oxygen atoms in total. The van der Waals surface area contributed by atoms with Crippen LogP contribution in [0.5, 0.6) is 17.2 Å². The molecule has 0 unspecified atom stereocenters. The van der Waals surface area contributed by atoms with E-state index in [1.165, 1.54) is 33.8 Å².